The van der Waals surface area contributed by atoms with Crippen LogP contribution >= 0.6 is 0 Å². The molecule has 1 heterocycles. The van der Waals surface area contributed by atoms with Gasteiger partial charge < -0.3 is 10.2 Å². The number of carbonyl (C=O) groups is 2. The highest BCUT2D eigenvalue weighted by atomic mass is 19.4. The second-order valence-electron chi connectivity index (χ2n) is 3.57. The molecule has 0 aliphatic carbocycles. The number of nitriles is 1. The first-order chi connectivity index (χ1) is 8.36. The van der Waals surface area contributed by atoms with Crippen molar-refractivity contribution in [3.8, 4) is 6.07 Å². The lowest BCUT2D eigenvalue weighted by molar-refractivity contribution is -0.146. The summed E-state index contributed by atoms with van der Waals surface area (Å²) in [6, 6.07) is 1.62. The van der Waals surface area contributed by atoms with Gasteiger partial charge in [0.1, 0.15) is 6.54 Å². The molecule has 0 bridgehead atoms. The molecule has 1 rings (SSSR count). The third-order valence-corrected chi connectivity index (χ3v) is 2.38. The van der Waals surface area contributed by atoms with Crippen LogP contribution < -0.4 is 5.32 Å². The lowest BCUT2D eigenvalue weighted by Gasteiger charge is -2.26. The Morgan fingerprint density at radius 3 is 2.61 bits per heavy atom. The van der Waals surface area contributed by atoms with Crippen LogP contribution in [0.5, 0.6) is 0 Å². The summed E-state index contributed by atoms with van der Waals surface area (Å²) in [6.07, 6.45) is -3.84. The predicted octanol–water partition coefficient (Wildman–Crippen LogP) is 0.347. The highest BCUT2D eigenvalue weighted by Crippen LogP contribution is 2.29. The van der Waals surface area contributed by atoms with Crippen molar-refractivity contribution in [2.75, 3.05) is 19.6 Å². The van der Waals surface area contributed by atoms with Crippen LogP contribution in [-0.4, -0.2) is 42.5 Å². The number of hydrogen-bond acceptors (Lipinski definition) is 3. The van der Waals surface area contributed by atoms with Gasteiger partial charge in [-0.15, -0.1) is 0 Å². The molecule has 1 N–H and O–H groups in total. The molecule has 5 nitrogen and oxygen atoms in total. The number of nitrogens with zero attached hydrogens (tertiary/aromatic N) is 2. The summed E-state index contributed by atoms with van der Waals surface area (Å²) in [6.45, 7) is -0.736. The van der Waals surface area contributed by atoms with Crippen molar-refractivity contribution < 1.29 is 22.8 Å². The molecule has 0 aromatic rings. The van der Waals surface area contributed by atoms with Crippen molar-refractivity contribution in [2.24, 2.45) is 0 Å². The normalized spacial score (nSPS) is 15.7. The number of carbonyl (C=O) groups excluding carboxylic acids is 2. The number of nitrogens with one attached hydrogen (secondary N) is 1. The molecule has 0 spiro atoms. The molecule has 18 heavy (non-hydrogen) atoms. The van der Waals surface area contributed by atoms with E-state index >= 15 is 0 Å². The average Bonchev–Trinajstić information content (AvgIpc) is 2.34. The van der Waals surface area contributed by atoms with Crippen LogP contribution in [0, 0.1) is 11.3 Å². The summed E-state index contributed by atoms with van der Waals surface area (Å²) >= 11 is 0. The summed E-state index contributed by atoms with van der Waals surface area (Å²) in [7, 11) is 0. The van der Waals surface area contributed by atoms with Crippen molar-refractivity contribution in [1.29, 1.82) is 5.26 Å². The van der Waals surface area contributed by atoms with Gasteiger partial charge in [-0.1, -0.05) is 6.08 Å². The number of amides is 2. The van der Waals surface area contributed by atoms with E-state index in [1.807, 2.05) is 5.32 Å². The maximum Gasteiger partial charge on any atom is 0.412 e. The fourth-order valence-electron chi connectivity index (χ4n) is 1.45. The van der Waals surface area contributed by atoms with Gasteiger partial charge in [0.25, 0.3) is 0 Å². The Kier molecular flexibility index (Phi) is 4.31. The molecule has 0 aromatic heterocycles. The van der Waals surface area contributed by atoms with E-state index in [-0.39, 0.29) is 26.1 Å². The van der Waals surface area contributed by atoms with Gasteiger partial charge in [-0.25, -0.2) is 0 Å². The minimum absolute atomic E-state index is 0.163. The van der Waals surface area contributed by atoms with Crippen LogP contribution in [0.15, 0.2) is 11.6 Å². The zero-order valence-corrected chi connectivity index (χ0v) is 9.25. The summed E-state index contributed by atoms with van der Waals surface area (Å²) in [4.78, 5) is 23.6. The monoisotopic (exact) mass is 261 g/mol. The lowest BCUT2D eigenvalue weighted by atomic mass is 10.1. The zero-order valence-electron chi connectivity index (χ0n) is 9.25. The van der Waals surface area contributed by atoms with E-state index in [1.54, 1.807) is 6.07 Å². The van der Waals surface area contributed by atoms with Crippen molar-refractivity contribution >= 4 is 11.8 Å². The molecule has 1 aliphatic rings. The van der Waals surface area contributed by atoms with Crippen molar-refractivity contribution in [3.63, 3.8) is 0 Å². The van der Waals surface area contributed by atoms with Gasteiger partial charge >= 0.3 is 18.0 Å². The zero-order chi connectivity index (χ0) is 13.8. The summed E-state index contributed by atoms with van der Waals surface area (Å²) < 4.78 is 36.9. The first kappa shape index (κ1) is 14.0. The van der Waals surface area contributed by atoms with E-state index in [0.717, 1.165) is 11.0 Å². The topological polar surface area (TPSA) is 73.2 Å². The summed E-state index contributed by atoms with van der Waals surface area (Å²) in [5.74, 6) is -1.91. The standard InChI is InChI=1S/C10H10F3N3O2/c11-10(12,13)7-1-5-16(6-2-7)9(18)8(17)15-4-3-14/h1H,2,4-6H2,(H,15,17). The van der Waals surface area contributed by atoms with Crippen LogP contribution in [-0.2, 0) is 9.59 Å². The summed E-state index contributed by atoms with van der Waals surface area (Å²) in [5, 5.41) is 10.2. The van der Waals surface area contributed by atoms with Crippen LogP contribution in [0.1, 0.15) is 6.42 Å². The molecule has 0 fully saturated rings. The van der Waals surface area contributed by atoms with Crippen molar-refractivity contribution in [3.05, 3.63) is 11.6 Å². The Balaban J connectivity index is 2.58. The van der Waals surface area contributed by atoms with E-state index in [2.05, 4.69) is 0 Å². The first-order valence-electron chi connectivity index (χ1n) is 5.06. The highest BCUT2D eigenvalue weighted by molar-refractivity contribution is 6.35. The molecule has 0 aromatic carbocycles. The number of rotatable bonds is 1. The van der Waals surface area contributed by atoms with E-state index in [4.69, 9.17) is 5.26 Å². The Labute approximate surface area is 101 Å². The predicted molar refractivity (Wildman–Crippen MR) is 54.0 cm³/mol. The number of alkyl halides is 3. The third kappa shape index (κ3) is 3.48. The molecular formula is C10H10F3N3O2. The SMILES string of the molecule is N#CCNC(=O)C(=O)N1CC=C(C(F)(F)F)CC1. The fraction of sp³-hybridized carbons (Fsp3) is 0.500. The minimum atomic E-state index is -4.39. The Bertz CT molecular complexity index is 423. The Morgan fingerprint density at radius 2 is 2.17 bits per heavy atom. The average molecular weight is 261 g/mol. The first-order valence-corrected chi connectivity index (χ1v) is 5.06. The minimum Gasteiger partial charge on any atom is -0.335 e. The van der Waals surface area contributed by atoms with E-state index < -0.39 is 23.6 Å². The van der Waals surface area contributed by atoms with Gasteiger partial charge in [-0.2, -0.15) is 18.4 Å². The maximum absolute atomic E-state index is 12.3. The molecule has 2 amide bonds. The van der Waals surface area contributed by atoms with Gasteiger partial charge in [-0.05, 0) is 6.42 Å². The van der Waals surface area contributed by atoms with Crippen LogP contribution in [0.2, 0.25) is 0 Å². The lowest BCUT2D eigenvalue weighted by Crippen LogP contribution is -2.45. The van der Waals surface area contributed by atoms with Crippen molar-refractivity contribution in [2.45, 2.75) is 12.6 Å². The molecule has 0 atom stereocenters. The van der Waals surface area contributed by atoms with Gasteiger partial charge in [0.2, 0.25) is 0 Å². The second-order valence-corrected chi connectivity index (χ2v) is 3.57. The van der Waals surface area contributed by atoms with Gasteiger partial charge in [0.05, 0.1) is 6.07 Å². The van der Waals surface area contributed by atoms with Crippen LogP contribution in [0.4, 0.5) is 13.2 Å². The van der Waals surface area contributed by atoms with Crippen molar-refractivity contribution in [1.82, 2.24) is 10.2 Å². The molecule has 0 saturated carbocycles. The van der Waals surface area contributed by atoms with Gasteiger partial charge in [0.15, 0.2) is 0 Å². The number of hydrogen-bond donors (Lipinski definition) is 1. The Hall–Kier alpha value is -2.04. The largest absolute Gasteiger partial charge is 0.412 e. The molecule has 98 valence electrons. The maximum atomic E-state index is 12.3. The van der Waals surface area contributed by atoms with Crippen LogP contribution in [0.3, 0.4) is 0 Å². The fourth-order valence-corrected chi connectivity index (χ4v) is 1.45. The molecule has 0 saturated heterocycles. The van der Waals surface area contributed by atoms with Crippen LogP contribution in [0.25, 0.3) is 0 Å². The van der Waals surface area contributed by atoms with Gasteiger partial charge in [0, 0.05) is 18.7 Å². The summed E-state index contributed by atoms with van der Waals surface area (Å²) in [5.41, 5.74) is -0.691. The molecular weight excluding hydrogens is 251 g/mol. The highest BCUT2D eigenvalue weighted by Gasteiger charge is 2.36. The number of halogens is 3. The molecule has 0 radical (unpaired) electrons. The quantitative estimate of drug-likeness (QED) is 0.420. The third-order valence-electron chi connectivity index (χ3n) is 2.38. The van der Waals surface area contributed by atoms with E-state index in [9.17, 15) is 22.8 Å². The molecule has 0 unspecified atom stereocenters. The molecule has 1 aliphatic heterocycles. The van der Waals surface area contributed by atoms with E-state index in [1.165, 1.54) is 0 Å². The smallest absolute Gasteiger partial charge is 0.335 e. The second kappa shape index (κ2) is 5.53. The Morgan fingerprint density at radius 1 is 1.50 bits per heavy atom. The van der Waals surface area contributed by atoms with Gasteiger partial charge in [-0.3, -0.25) is 9.59 Å². The molecule has 8 heteroatoms. The van der Waals surface area contributed by atoms with E-state index in [0.29, 0.717) is 0 Å².